The van der Waals surface area contributed by atoms with Crippen LogP contribution in [-0.4, -0.2) is 11.0 Å². The maximum absolute atomic E-state index is 5.08. The van der Waals surface area contributed by atoms with Gasteiger partial charge in [-0.25, -0.2) is 4.98 Å². The van der Waals surface area contributed by atoms with Gasteiger partial charge in [0.1, 0.15) is 6.26 Å². The Balaban J connectivity index is 1.74. The predicted octanol–water partition coefficient (Wildman–Crippen LogP) is 1.32. The maximum Gasteiger partial charge on any atom is 0.207 e. The molecule has 0 aromatic carbocycles. The van der Waals surface area contributed by atoms with Gasteiger partial charge in [0.05, 0.1) is 12.7 Å². The van der Waals surface area contributed by atoms with Crippen LogP contribution in [0.2, 0.25) is 0 Å². The topological polar surface area (TPSA) is 38.1 Å². The van der Waals surface area contributed by atoms with E-state index in [0.29, 0.717) is 6.04 Å². The van der Waals surface area contributed by atoms with Gasteiger partial charge in [0, 0.05) is 6.04 Å². The largest absolute Gasteiger partial charge is 0.448 e. The fourth-order valence-corrected chi connectivity index (χ4v) is 1.18. The molecule has 1 saturated carbocycles. The molecular weight excluding hydrogens is 140 g/mol. The van der Waals surface area contributed by atoms with E-state index in [9.17, 15) is 0 Å². The zero-order valence-corrected chi connectivity index (χ0v) is 6.42. The molecule has 1 aliphatic carbocycles. The van der Waals surface area contributed by atoms with Crippen LogP contribution in [0.3, 0.4) is 0 Å². The molecule has 0 amide bonds. The van der Waals surface area contributed by atoms with Crippen LogP contribution in [0.15, 0.2) is 16.9 Å². The molecule has 0 spiro atoms. The van der Waals surface area contributed by atoms with E-state index in [2.05, 4.69) is 10.3 Å². The van der Waals surface area contributed by atoms with Crippen LogP contribution in [0.5, 0.6) is 0 Å². The molecule has 0 unspecified atom stereocenters. The first kappa shape index (κ1) is 6.85. The number of hydrogen-bond donors (Lipinski definition) is 1. The summed E-state index contributed by atoms with van der Waals surface area (Å²) < 4.78 is 5.08. The zero-order chi connectivity index (χ0) is 7.52. The number of rotatable bonds is 3. The van der Waals surface area contributed by atoms with Crippen LogP contribution in [-0.2, 0) is 6.54 Å². The summed E-state index contributed by atoms with van der Waals surface area (Å²) in [6, 6.07) is 0.710. The van der Waals surface area contributed by atoms with Gasteiger partial charge in [0.25, 0.3) is 0 Å². The fraction of sp³-hybridized carbons (Fsp3) is 0.625. The summed E-state index contributed by atoms with van der Waals surface area (Å²) in [7, 11) is 0. The van der Waals surface area contributed by atoms with Gasteiger partial charge in [-0.2, -0.15) is 0 Å². The Kier molecular flexibility index (Phi) is 1.90. The second kappa shape index (κ2) is 3.05. The molecule has 0 bridgehead atoms. The monoisotopic (exact) mass is 152 g/mol. The van der Waals surface area contributed by atoms with Crippen molar-refractivity contribution in [3.63, 3.8) is 0 Å². The predicted molar refractivity (Wildman–Crippen MR) is 41.0 cm³/mol. The SMILES string of the molecule is c1coc(CNC2CCC2)n1. The molecule has 1 aliphatic rings. The third kappa shape index (κ3) is 1.60. The first-order chi connectivity index (χ1) is 5.45. The van der Waals surface area contributed by atoms with Gasteiger partial charge in [-0.1, -0.05) is 6.42 Å². The van der Waals surface area contributed by atoms with Gasteiger partial charge >= 0.3 is 0 Å². The van der Waals surface area contributed by atoms with E-state index < -0.39 is 0 Å². The normalized spacial score (nSPS) is 18.2. The van der Waals surface area contributed by atoms with Crippen molar-refractivity contribution < 1.29 is 4.42 Å². The molecule has 2 rings (SSSR count). The summed E-state index contributed by atoms with van der Waals surface area (Å²) in [5, 5.41) is 3.37. The Labute approximate surface area is 65.8 Å². The van der Waals surface area contributed by atoms with Crippen molar-refractivity contribution in [2.24, 2.45) is 0 Å². The minimum Gasteiger partial charge on any atom is -0.448 e. The van der Waals surface area contributed by atoms with Gasteiger partial charge in [-0.05, 0) is 12.8 Å². The molecule has 1 aromatic rings. The van der Waals surface area contributed by atoms with E-state index in [1.54, 1.807) is 12.5 Å². The van der Waals surface area contributed by atoms with Crippen molar-refractivity contribution in [2.45, 2.75) is 31.8 Å². The molecule has 11 heavy (non-hydrogen) atoms. The third-order valence-electron chi connectivity index (χ3n) is 2.13. The minimum absolute atomic E-state index is 0.710. The summed E-state index contributed by atoms with van der Waals surface area (Å²) in [6.45, 7) is 0.775. The van der Waals surface area contributed by atoms with Gasteiger partial charge in [-0.3, -0.25) is 0 Å². The lowest BCUT2D eigenvalue weighted by Crippen LogP contribution is -2.34. The highest BCUT2D eigenvalue weighted by Gasteiger charge is 2.16. The van der Waals surface area contributed by atoms with E-state index in [4.69, 9.17) is 4.42 Å². The highest BCUT2D eigenvalue weighted by Crippen LogP contribution is 2.18. The Hall–Kier alpha value is -0.830. The number of oxazole rings is 1. The van der Waals surface area contributed by atoms with E-state index in [1.807, 2.05) is 0 Å². The van der Waals surface area contributed by atoms with Crippen molar-refractivity contribution in [1.29, 1.82) is 0 Å². The Morgan fingerprint density at radius 3 is 3.09 bits per heavy atom. The summed E-state index contributed by atoms with van der Waals surface area (Å²) in [4.78, 5) is 4.02. The van der Waals surface area contributed by atoms with Crippen LogP contribution >= 0.6 is 0 Å². The number of nitrogens with zero attached hydrogens (tertiary/aromatic N) is 1. The Morgan fingerprint density at radius 2 is 2.55 bits per heavy atom. The first-order valence-electron chi connectivity index (χ1n) is 4.07. The molecule has 0 aliphatic heterocycles. The van der Waals surface area contributed by atoms with Crippen molar-refractivity contribution in [1.82, 2.24) is 10.3 Å². The van der Waals surface area contributed by atoms with Crippen LogP contribution < -0.4 is 5.32 Å². The first-order valence-corrected chi connectivity index (χ1v) is 4.07. The van der Waals surface area contributed by atoms with Crippen LogP contribution in [0, 0.1) is 0 Å². The average Bonchev–Trinajstić information content (AvgIpc) is 2.36. The number of hydrogen-bond acceptors (Lipinski definition) is 3. The second-order valence-corrected chi connectivity index (χ2v) is 2.93. The maximum atomic E-state index is 5.08. The Morgan fingerprint density at radius 1 is 1.64 bits per heavy atom. The Bertz CT molecular complexity index is 204. The van der Waals surface area contributed by atoms with Crippen LogP contribution in [0.4, 0.5) is 0 Å². The summed E-state index contributed by atoms with van der Waals surface area (Å²) in [5.41, 5.74) is 0. The molecule has 0 atom stereocenters. The lowest BCUT2D eigenvalue weighted by atomic mass is 9.93. The zero-order valence-electron chi connectivity index (χ0n) is 6.42. The lowest BCUT2D eigenvalue weighted by molar-refractivity contribution is 0.322. The van der Waals surface area contributed by atoms with E-state index in [1.165, 1.54) is 19.3 Å². The van der Waals surface area contributed by atoms with Crippen molar-refractivity contribution >= 4 is 0 Å². The lowest BCUT2D eigenvalue weighted by Gasteiger charge is -2.25. The highest BCUT2D eigenvalue weighted by molar-refractivity contribution is 4.83. The molecular formula is C8H12N2O. The van der Waals surface area contributed by atoms with Gasteiger partial charge in [0.2, 0.25) is 5.89 Å². The van der Waals surface area contributed by atoms with E-state index >= 15 is 0 Å². The number of aromatic nitrogens is 1. The van der Waals surface area contributed by atoms with Crippen molar-refractivity contribution in [3.05, 3.63) is 18.4 Å². The molecule has 1 N–H and O–H groups in total. The van der Waals surface area contributed by atoms with Gasteiger partial charge in [0.15, 0.2) is 0 Å². The van der Waals surface area contributed by atoms with Gasteiger partial charge < -0.3 is 9.73 Å². The molecule has 0 saturated heterocycles. The smallest absolute Gasteiger partial charge is 0.207 e. The van der Waals surface area contributed by atoms with Crippen LogP contribution in [0.25, 0.3) is 0 Å². The molecule has 3 nitrogen and oxygen atoms in total. The molecule has 1 heterocycles. The van der Waals surface area contributed by atoms with Gasteiger partial charge in [-0.15, -0.1) is 0 Å². The minimum atomic E-state index is 0.710. The fourth-order valence-electron chi connectivity index (χ4n) is 1.18. The average molecular weight is 152 g/mol. The van der Waals surface area contributed by atoms with E-state index in [-0.39, 0.29) is 0 Å². The third-order valence-corrected chi connectivity index (χ3v) is 2.13. The van der Waals surface area contributed by atoms with Crippen molar-refractivity contribution in [2.75, 3.05) is 0 Å². The highest BCUT2D eigenvalue weighted by atomic mass is 16.3. The number of nitrogens with one attached hydrogen (secondary N) is 1. The quantitative estimate of drug-likeness (QED) is 0.709. The summed E-state index contributed by atoms with van der Waals surface area (Å²) in [6.07, 6.45) is 7.26. The standard InChI is InChI=1S/C8H12N2O/c1-2-7(3-1)10-6-8-9-4-5-11-8/h4-5,7,10H,1-3,6H2. The van der Waals surface area contributed by atoms with Crippen LogP contribution in [0.1, 0.15) is 25.2 Å². The van der Waals surface area contributed by atoms with Crippen molar-refractivity contribution in [3.8, 4) is 0 Å². The summed E-state index contributed by atoms with van der Waals surface area (Å²) >= 11 is 0. The van der Waals surface area contributed by atoms with E-state index in [0.717, 1.165) is 12.4 Å². The molecule has 1 aromatic heterocycles. The molecule has 1 fully saturated rings. The molecule has 3 heteroatoms. The summed E-state index contributed by atoms with van der Waals surface area (Å²) in [5.74, 6) is 0.789. The second-order valence-electron chi connectivity index (χ2n) is 2.93. The molecule has 60 valence electrons. The molecule has 0 radical (unpaired) electrons.